The Kier molecular flexibility index (Phi) is 4.98. The SMILES string of the molecule is CC(=O)Nc1ccc(C(=O)N2CC(C)CC(C(=O)O)C2)cc1F. The van der Waals surface area contributed by atoms with E-state index in [9.17, 15) is 18.8 Å². The van der Waals surface area contributed by atoms with Crippen LogP contribution in [0.15, 0.2) is 18.2 Å². The molecule has 2 rings (SSSR count). The van der Waals surface area contributed by atoms with Gasteiger partial charge in [0.2, 0.25) is 5.91 Å². The first-order chi connectivity index (χ1) is 10.8. The molecule has 2 unspecified atom stereocenters. The second-order valence-corrected chi connectivity index (χ2v) is 5.96. The fourth-order valence-corrected chi connectivity index (χ4v) is 2.82. The number of carboxylic acids is 1. The zero-order chi connectivity index (χ0) is 17.1. The molecule has 0 aromatic heterocycles. The van der Waals surface area contributed by atoms with Crippen LogP contribution in [0.5, 0.6) is 0 Å². The molecule has 23 heavy (non-hydrogen) atoms. The minimum Gasteiger partial charge on any atom is -0.481 e. The number of halogens is 1. The van der Waals surface area contributed by atoms with Crippen LogP contribution in [0.4, 0.5) is 10.1 Å². The van der Waals surface area contributed by atoms with Gasteiger partial charge in [-0.3, -0.25) is 14.4 Å². The minimum absolute atomic E-state index is 0.00414. The maximum atomic E-state index is 13.9. The van der Waals surface area contributed by atoms with Gasteiger partial charge in [-0.1, -0.05) is 6.92 Å². The van der Waals surface area contributed by atoms with Crippen molar-refractivity contribution in [3.05, 3.63) is 29.6 Å². The van der Waals surface area contributed by atoms with E-state index < -0.39 is 29.5 Å². The number of carbonyl (C=O) groups excluding carboxylic acids is 2. The summed E-state index contributed by atoms with van der Waals surface area (Å²) in [4.78, 5) is 36.0. The topological polar surface area (TPSA) is 86.7 Å². The van der Waals surface area contributed by atoms with Crippen molar-refractivity contribution < 1.29 is 23.9 Å². The maximum Gasteiger partial charge on any atom is 0.308 e. The van der Waals surface area contributed by atoms with Gasteiger partial charge in [-0.2, -0.15) is 0 Å². The standard InChI is InChI=1S/C16H19FN2O4/c1-9-5-12(16(22)23)8-19(7-9)15(21)11-3-4-14(13(17)6-11)18-10(2)20/h3-4,6,9,12H,5,7-8H2,1-2H3,(H,18,20)(H,22,23). The molecule has 7 heteroatoms. The Bertz CT molecular complexity index is 647. The van der Waals surface area contributed by atoms with E-state index in [2.05, 4.69) is 5.32 Å². The van der Waals surface area contributed by atoms with Crippen LogP contribution in [0.25, 0.3) is 0 Å². The summed E-state index contributed by atoms with van der Waals surface area (Å²) in [6, 6.07) is 3.81. The number of rotatable bonds is 3. The van der Waals surface area contributed by atoms with Crippen molar-refractivity contribution in [2.45, 2.75) is 20.3 Å². The summed E-state index contributed by atoms with van der Waals surface area (Å²) >= 11 is 0. The van der Waals surface area contributed by atoms with Gasteiger partial charge < -0.3 is 15.3 Å². The Morgan fingerprint density at radius 3 is 2.57 bits per heavy atom. The summed E-state index contributed by atoms with van der Waals surface area (Å²) in [6.07, 6.45) is 0.523. The summed E-state index contributed by atoms with van der Waals surface area (Å²) in [6.45, 7) is 3.71. The Hall–Kier alpha value is -2.44. The van der Waals surface area contributed by atoms with Crippen LogP contribution in [0, 0.1) is 17.7 Å². The number of anilines is 1. The molecule has 1 aromatic carbocycles. The third kappa shape index (κ3) is 4.06. The molecule has 0 radical (unpaired) electrons. The van der Waals surface area contributed by atoms with E-state index in [0.717, 1.165) is 6.07 Å². The number of benzene rings is 1. The van der Waals surface area contributed by atoms with E-state index in [4.69, 9.17) is 5.11 Å². The second-order valence-electron chi connectivity index (χ2n) is 5.96. The fourth-order valence-electron chi connectivity index (χ4n) is 2.82. The molecule has 2 N–H and O–H groups in total. The fraction of sp³-hybridized carbons (Fsp3) is 0.438. The first kappa shape index (κ1) is 16.9. The number of amides is 2. The van der Waals surface area contributed by atoms with E-state index in [1.54, 1.807) is 0 Å². The number of carboxylic acid groups (broad SMARTS) is 1. The number of piperidine rings is 1. The van der Waals surface area contributed by atoms with Gasteiger partial charge in [0.1, 0.15) is 5.82 Å². The van der Waals surface area contributed by atoms with Crippen molar-refractivity contribution in [3.63, 3.8) is 0 Å². The predicted molar refractivity (Wildman–Crippen MR) is 81.5 cm³/mol. The number of nitrogens with one attached hydrogen (secondary N) is 1. The number of hydrogen-bond acceptors (Lipinski definition) is 3. The molecule has 0 spiro atoms. The lowest BCUT2D eigenvalue weighted by atomic mass is 9.90. The Labute approximate surface area is 133 Å². The average Bonchev–Trinajstić information content (AvgIpc) is 2.47. The second kappa shape index (κ2) is 6.76. The van der Waals surface area contributed by atoms with Crippen LogP contribution in [0.3, 0.4) is 0 Å². The van der Waals surface area contributed by atoms with Crippen LogP contribution >= 0.6 is 0 Å². The first-order valence-electron chi connectivity index (χ1n) is 7.37. The maximum absolute atomic E-state index is 13.9. The summed E-state index contributed by atoms with van der Waals surface area (Å²) < 4.78 is 13.9. The van der Waals surface area contributed by atoms with Gasteiger partial charge in [0.25, 0.3) is 5.91 Å². The van der Waals surface area contributed by atoms with Crippen molar-refractivity contribution in [3.8, 4) is 0 Å². The van der Waals surface area contributed by atoms with Gasteiger partial charge in [0.15, 0.2) is 0 Å². The summed E-state index contributed by atoms with van der Waals surface area (Å²) in [5.74, 6) is -2.98. The lowest BCUT2D eigenvalue weighted by Gasteiger charge is -2.34. The quantitative estimate of drug-likeness (QED) is 0.891. The van der Waals surface area contributed by atoms with Crippen LogP contribution in [-0.2, 0) is 9.59 Å². The molecule has 0 saturated carbocycles. The Balaban J connectivity index is 2.17. The smallest absolute Gasteiger partial charge is 0.308 e. The highest BCUT2D eigenvalue weighted by Gasteiger charge is 2.32. The third-order valence-corrected chi connectivity index (χ3v) is 3.82. The van der Waals surface area contributed by atoms with E-state index >= 15 is 0 Å². The van der Waals surface area contributed by atoms with Gasteiger partial charge in [0, 0.05) is 25.6 Å². The number of carbonyl (C=O) groups is 3. The van der Waals surface area contributed by atoms with E-state index in [0.29, 0.717) is 13.0 Å². The van der Waals surface area contributed by atoms with Crippen molar-refractivity contribution in [1.82, 2.24) is 4.90 Å². The summed E-state index contributed by atoms with van der Waals surface area (Å²) in [5, 5.41) is 11.5. The highest BCUT2D eigenvalue weighted by molar-refractivity contribution is 5.96. The van der Waals surface area contributed by atoms with Gasteiger partial charge in [-0.25, -0.2) is 4.39 Å². The monoisotopic (exact) mass is 322 g/mol. The molecule has 1 aliphatic rings. The van der Waals surface area contributed by atoms with Crippen LogP contribution in [0.2, 0.25) is 0 Å². The predicted octanol–water partition coefficient (Wildman–Crippen LogP) is 1.97. The van der Waals surface area contributed by atoms with Crippen LogP contribution in [-0.4, -0.2) is 40.9 Å². The molecule has 1 fully saturated rings. The van der Waals surface area contributed by atoms with Gasteiger partial charge in [-0.05, 0) is 30.5 Å². The molecule has 0 bridgehead atoms. The normalized spacial score (nSPS) is 20.9. The Morgan fingerprint density at radius 2 is 2.00 bits per heavy atom. The molecule has 2 atom stereocenters. The molecule has 0 aliphatic carbocycles. The van der Waals surface area contributed by atoms with Crippen LogP contribution in [0.1, 0.15) is 30.6 Å². The lowest BCUT2D eigenvalue weighted by molar-refractivity contribution is -0.143. The van der Waals surface area contributed by atoms with Crippen LogP contribution < -0.4 is 5.32 Å². The van der Waals surface area contributed by atoms with Gasteiger partial charge in [0.05, 0.1) is 11.6 Å². The number of hydrogen-bond donors (Lipinski definition) is 2. The molecule has 1 saturated heterocycles. The third-order valence-electron chi connectivity index (χ3n) is 3.82. The number of likely N-dealkylation sites (tertiary alicyclic amines) is 1. The zero-order valence-electron chi connectivity index (χ0n) is 13.0. The van der Waals surface area contributed by atoms with E-state index in [1.165, 1.54) is 24.0 Å². The molecule has 124 valence electrons. The van der Waals surface area contributed by atoms with Crippen molar-refractivity contribution >= 4 is 23.5 Å². The molecule has 1 heterocycles. The highest BCUT2D eigenvalue weighted by Crippen LogP contribution is 2.24. The summed E-state index contributed by atoms with van der Waals surface area (Å²) in [5.41, 5.74) is 0.138. The number of aliphatic carboxylic acids is 1. The molecule has 1 aromatic rings. The minimum atomic E-state index is -0.929. The molecule has 6 nitrogen and oxygen atoms in total. The molecular formula is C16H19FN2O4. The summed E-state index contributed by atoms with van der Waals surface area (Å²) in [7, 11) is 0. The van der Waals surface area contributed by atoms with Crippen molar-refractivity contribution in [2.24, 2.45) is 11.8 Å². The van der Waals surface area contributed by atoms with Gasteiger partial charge >= 0.3 is 5.97 Å². The number of nitrogens with zero attached hydrogens (tertiary/aromatic N) is 1. The van der Waals surface area contributed by atoms with Gasteiger partial charge in [-0.15, -0.1) is 0 Å². The zero-order valence-corrected chi connectivity index (χ0v) is 13.0. The van der Waals surface area contributed by atoms with Crippen molar-refractivity contribution in [2.75, 3.05) is 18.4 Å². The molecular weight excluding hydrogens is 303 g/mol. The van der Waals surface area contributed by atoms with E-state index in [-0.39, 0.29) is 23.7 Å². The first-order valence-corrected chi connectivity index (χ1v) is 7.37. The van der Waals surface area contributed by atoms with E-state index in [1.807, 2.05) is 6.92 Å². The largest absolute Gasteiger partial charge is 0.481 e. The molecule has 2 amide bonds. The lowest BCUT2D eigenvalue weighted by Crippen LogP contribution is -2.45. The molecule has 1 aliphatic heterocycles. The Morgan fingerprint density at radius 1 is 1.30 bits per heavy atom. The van der Waals surface area contributed by atoms with Crippen molar-refractivity contribution in [1.29, 1.82) is 0 Å². The highest BCUT2D eigenvalue weighted by atomic mass is 19.1. The average molecular weight is 322 g/mol.